The van der Waals surface area contributed by atoms with Gasteiger partial charge in [-0.1, -0.05) is 26.7 Å². The number of carbonyl (C=O) groups is 1. The first kappa shape index (κ1) is 16.4. The maximum absolute atomic E-state index is 12.5. The Morgan fingerprint density at radius 2 is 1.79 bits per heavy atom. The lowest BCUT2D eigenvalue weighted by molar-refractivity contribution is -0.136. The highest BCUT2D eigenvalue weighted by atomic mass is 16.2. The number of likely N-dealkylation sites (N-methyl/N-ethyl adjacent to an activating group) is 1. The zero-order valence-corrected chi connectivity index (χ0v) is 13.1. The monoisotopic (exact) mass is 269 g/mol. The number of nitrogens with two attached hydrogens (primary N) is 1. The van der Waals surface area contributed by atoms with Crippen LogP contribution in [-0.4, -0.2) is 55.0 Å². The van der Waals surface area contributed by atoms with Crippen molar-refractivity contribution in [2.45, 2.75) is 52.5 Å². The van der Waals surface area contributed by atoms with Gasteiger partial charge in [-0.05, 0) is 38.8 Å². The van der Waals surface area contributed by atoms with Crippen LogP contribution < -0.4 is 5.73 Å². The molecule has 0 aromatic carbocycles. The van der Waals surface area contributed by atoms with Gasteiger partial charge in [0, 0.05) is 19.6 Å². The summed E-state index contributed by atoms with van der Waals surface area (Å²) < 4.78 is 0. The highest BCUT2D eigenvalue weighted by Crippen LogP contribution is 2.17. The first-order valence-electron chi connectivity index (χ1n) is 7.56. The third-order valence-electron chi connectivity index (χ3n) is 4.17. The predicted molar refractivity (Wildman–Crippen MR) is 80.0 cm³/mol. The maximum Gasteiger partial charge on any atom is 0.239 e. The Hall–Kier alpha value is -0.610. The van der Waals surface area contributed by atoms with Gasteiger partial charge in [0.2, 0.25) is 5.91 Å². The van der Waals surface area contributed by atoms with Crippen LogP contribution >= 0.6 is 0 Å². The number of hydrogen-bond donors (Lipinski definition) is 1. The fourth-order valence-electron chi connectivity index (χ4n) is 2.62. The molecule has 1 saturated heterocycles. The summed E-state index contributed by atoms with van der Waals surface area (Å²) in [5.41, 5.74) is 5.83. The summed E-state index contributed by atoms with van der Waals surface area (Å²) in [4.78, 5) is 16.7. The molecule has 4 nitrogen and oxygen atoms in total. The van der Waals surface area contributed by atoms with Gasteiger partial charge in [0.1, 0.15) is 0 Å². The second-order valence-corrected chi connectivity index (χ2v) is 6.70. The number of rotatable bonds is 5. The average Bonchev–Trinajstić information content (AvgIpc) is 2.65. The highest BCUT2D eigenvalue weighted by molar-refractivity contribution is 5.81. The van der Waals surface area contributed by atoms with Gasteiger partial charge in [-0.25, -0.2) is 0 Å². The molecule has 0 bridgehead atoms. The third-order valence-corrected chi connectivity index (χ3v) is 4.17. The van der Waals surface area contributed by atoms with Gasteiger partial charge in [-0.3, -0.25) is 9.69 Å². The first-order valence-corrected chi connectivity index (χ1v) is 7.56. The van der Waals surface area contributed by atoms with Gasteiger partial charge >= 0.3 is 0 Å². The quantitative estimate of drug-likeness (QED) is 0.826. The molecular weight excluding hydrogens is 238 g/mol. The lowest BCUT2D eigenvalue weighted by Crippen LogP contribution is -2.49. The molecule has 1 aliphatic rings. The molecule has 1 rings (SSSR count). The smallest absolute Gasteiger partial charge is 0.239 e. The van der Waals surface area contributed by atoms with Crippen molar-refractivity contribution in [1.82, 2.24) is 9.80 Å². The molecule has 112 valence electrons. The number of amides is 1. The van der Waals surface area contributed by atoms with Gasteiger partial charge in [0.25, 0.3) is 0 Å². The van der Waals surface area contributed by atoms with Crippen LogP contribution in [0, 0.1) is 5.41 Å². The normalized spacial score (nSPS) is 19.4. The van der Waals surface area contributed by atoms with Crippen LogP contribution in [0.1, 0.15) is 46.5 Å². The standard InChI is InChI=1S/C15H31N3O/c1-13(17(4)12-15(2,3)11-16)14(19)18-9-7-5-6-8-10-18/h13H,5-12,16H2,1-4H3. The minimum absolute atomic E-state index is 0.0519. The van der Waals surface area contributed by atoms with E-state index >= 15 is 0 Å². The van der Waals surface area contributed by atoms with E-state index in [2.05, 4.69) is 18.7 Å². The van der Waals surface area contributed by atoms with Crippen LogP contribution in [0.5, 0.6) is 0 Å². The zero-order chi connectivity index (χ0) is 14.5. The second-order valence-electron chi connectivity index (χ2n) is 6.70. The third kappa shape index (κ3) is 5.11. The number of likely N-dealkylation sites (tertiary alicyclic amines) is 1. The number of nitrogens with zero attached hydrogens (tertiary/aromatic N) is 2. The summed E-state index contributed by atoms with van der Waals surface area (Å²) in [6.07, 6.45) is 4.81. The van der Waals surface area contributed by atoms with Crippen LogP contribution in [0.15, 0.2) is 0 Å². The predicted octanol–water partition coefficient (Wildman–Crippen LogP) is 1.69. The number of carbonyl (C=O) groups excluding carboxylic acids is 1. The minimum atomic E-state index is -0.0519. The Kier molecular flexibility index (Phi) is 6.27. The summed E-state index contributed by atoms with van der Waals surface area (Å²) in [5, 5.41) is 0. The molecule has 1 aliphatic heterocycles. The summed E-state index contributed by atoms with van der Waals surface area (Å²) in [6.45, 7) is 9.65. The van der Waals surface area contributed by atoms with Crippen LogP contribution in [0.4, 0.5) is 0 Å². The molecular formula is C15H31N3O. The van der Waals surface area contributed by atoms with Gasteiger partial charge < -0.3 is 10.6 Å². The van der Waals surface area contributed by atoms with E-state index in [0.29, 0.717) is 6.54 Å². The van der Waals surface area contributed by atoms with Crippen LogP contribution in [-0.2, 0) is 4.79 Å². The van der Waals surface area contributed by atoms with Gasteiger partial charge in [-0.2, -0.15) is 0 Å². The average molecular weight is 269 g/mol. The summed E-state index contributed by atoms with van der Waals surface area (Å²) in [7, 11) is 2.03. The van der Waals surface area contributed by atoms with Gasteiger partial charge in [0.05, 0.1) is 6.04 Å². The van der Waals surface area contributed by atoms with E-state index in [1.807, 2.05) is 18.9 Å². The largest absolute Gasteiger partial charge is 0.341 e. The molecule has 2 N–H and O–H groups in total. The van der Waals surface area contributed by atoms with Crippen molar-refractivity contribution in [3.63, 3.8) is 0 Å². The Morgan fingerprint density at radius 3 is 2.26 bits per heavy atom. The van der Waals surface area contributed by atoms with Crippen molar-refractivity contribution in [3.8, 4) is 0 Å². The SMILES string of the molecule is CC(C(=O)N1CCCCCC1)N(C)CC(C)(C)CN. The topological polar surface area (TPSA) is 49.6 Å². The molecule has 0 spiro atoms. The molecule has 1 fully saturated rings. The lowest BCUT2D eigenvalue weighted by Gasteiger charge is -2.34. The molecule has 0 aromatic rings. The van der Waals surface area contributed by atoms with Crippen LogP contribution in [0.3, 0.4) is 0 Å². The van der Waals surface area contributed by atoms with Crippen LogP contribution in [0.25, 0.3) is 0 Å². The van der Waals surface area contributed by atoms with Crippen molar-refractivity contribution in [2.24, 2.45) is 11.1 Å². The minimum Gasteiger partial charge on any atom is -0.341 e. The van der Waals surface area contributed by atoms with E-state index in [0.717, 1.165) is 32.5 Å². The van der Waals surface area contributed by atoms with E-state index in [1.54, 1.807) is 0 Å². The molecule has 1 amide bonds. The Bertz CT molecular complexity index is 283. The van der Waals surface area contributed by atoms with E-state index < -0.39 is 0 Å². The van der Waals surface area contributed by atoms with Crippen LogP contribution in [0.2, 0.25) is 0 Å². The lowest BCUT2D eigenvalue weighted by atomic mass is 9.92. The molecule has 0 saturated carbocycles. The molecule has 0 radical (unpaired) electrons. The van der Waals surface area contributed by atoms with E-state index in [-0.39, 0.29) is 17.4 Å². The van der Waals surface area contributed by atoms with Gasteiger partial charge in [0.15, 0.2) is 0 Å². The Balaban J connectivity index is 2.54. The fraction of sp³-hybridized carbons (Fsp3) is 0.933. The van der Waals surface area contributed by atoms with Crippen molar-refractivity contribution >= 4 is 5.91 Å². The summed E-state index contributed by atoms with van der Waals surface area (Å²) in [5.74, 6) is 0.275. The Labute approximate surface area is 118 Å². The molecule has 1 heterocycles. The van der Waals surface area contributed by atoms with Crippen molar-refractivity contribution in [3.05, 3.63) is 0 Å². The van der Waals surface area contributed by atoms with Crippen molar-refractivity contribution < 1.29 is 4.79 Å². The molecule has 1 atom stereocenters. The van der Waals surface area contributed by atoms with E-state index in [1.165, 1.54) is 12.8 Å². The number of hydrogen-bond acceptors (Lipinski definition) is 3. The highest BCUT2D eigenvalue weighted by Gasteiger charge is 2.27. The summed E-state index contributed by atoms with van der Waals surface area (Å²) >= 11 is 0. The van der Waals surface area contributed by atoms with E-state index in [9.17, 15) is 4.79 Å². The van der Waals surface area contributed by atoms with Gasteiger partial charge in [-0.15, -0.1) is 0 Å². The molecule has 0 aromatic heterocycles. The molecule has 0 aliphatic carbocycles. The molecule has 1 unspecified atom stereocenters. The van der Waals surface area contributed by atoms with Crippen molar-refractivity contribution in [2.75, 3.05) is 33.2 Å². The zero-order valence-electron chi connectivity index (χ0n) is 13.1. The molecule has 19 heavy (non-hydrogen) atoms. The summed E-state index contributed by atoms with van der Waals surface area (Å²) in [6, 6.07) is -0.0519. The fourth-order valence-corrected chi connectivity index (χ4v) is 2.62. The maximum atomic E-state index is 12.5. The van der Waals surface area contributed by atoms with Crippen molar-refractivity contribution in [1.29, 1.82) is 0 Å². The van der Waals surface area contributed by atoms with E-state index in [4.69, 9.17) is 5.73 Å². The molecule has 4 heteroatoms. The Morgan fingerprint density at radius 1 is 1.26 bits per heavy atom. The first-order chi connectivity index (χ1) is 8.87. The second kappa shape index (κ2) is 7.25.